The van der Waals surface area contributed by atoms with Crippen molar-refractivity contribution in [3.63, 3.8) is 0 Å². The second-order valence-corrected chi connectivity index (χ2v) is 24.0. The minimum absolute atomic E-state index is 0.262. The second kappa shape index (κ2) is 31.1. The van der Waals surface area contributed by atoms with E-state index in [1.165, 1.54) is 0 Å². The zero-order chi connectivity index (χ0) is 37.1. The van der Waals surface area contributed by atoms with Crippen LogP contribution < -0.4 is 0 Å². The summed E-state index contributed by atoms with van der Waals surface area (Å²) in [6.07, 6.45) is 8.22. The first kappa shape index (κ1) is 51.7. The van der Waals surface area contributed by atoms with Gasteiger partial charge in [0.1, 0.15) is 0 Å². The smallest absolute Gasteiger partial charge is 0.259 e. The maximum absolute atomic E-state index is 11.7. The Labute approximate surface area is 297 Å². The topological polar surface area (TPSA) is 136 Å². The molecule has 0 aromatic heterocycles. The molecule has 0 aliphatic carbocycles. The van der Waals surface area contributed by atoms with Gasteiger partial charge in [0.15, 0.2) is 0 Å². The Kier molecular flexibility index (Phi) is 34.2. The summed E-state index contributed by atoms with van der Waals surface area (Å²) >= 11 is 6.13. The Balaban J connectivity index is -0.000000684. The van der Waals surface area contributed by atoms with Crippen LogP contribution in [-0.4, -0.2) is 104 Å². The van der Waals surface area contributed by atoms with E-state index in [2.05, 4.69) is 70.8 Å². The molecule has 0 bridgehead atoms. The summed E-state index contributed by atoms with van der Waals surface area (Å²) in [5.74, 6) is 0. The molecular weight excluding hydrogens is 696 g/mol. The van der Waals surface area contributed by atoms with Gasteiger partial charge in [0.05, 0.1) is 59.1 Å². The molecule has 0 aliphatic rings. The van der Waals surface area contributed by atoms with Crippen LogP contribution in [0.3, 0.4) is 0 Å². The lowest BCUT2D eigenvalue weighted by molar-refractivity contribution is 0.174. The van der Waals surface area contributed by atoms with E-state index in [1.54, 1.807) is 0 Å². The van der Waals surface area contributed by atoms with E-state index in [9.17, 15) is 9.13 Å². The molecule has 0 amide bonds. The van der Waals surface area contributed by atoms with E-state index in [0.717, 1.165) is 50.8 Å². The molecule has 0 aromatic carbocycles. The summed E-state index contributed by atoms with van der Waals surface area (Å²) in [5, 5.41) is 25.5. The Bertz CT molecular complexity index is 906. The van der Waals surface area contributed by atoms with Gasteiger partial charge in [-0.3, -0.25) is 0 Å². The van der Waals surface area contributed by atoms with Crippen LogP contribution in [0.2, 0.25) is 0 Å². The molecule has 0 aliphatic heterocycles. The summed E-state index contributed by atoms with van der Waals surface area (Å²) in [6.45, 7) is 25.9. The molecule has 2 unspecified atom stereocenters. The highest BCUT2D eigenvalue weighted by Gasteiger charge is 2.27. The highest BCUT2D eigenvalue weighted by Crippen LogP contribution is 2.49. The molecule has 0 aromatic rings. The van der Waals surface area contributed by atoms with Crippen molar-refractivity contribution in [1.82, 2.24) is 9.34 Å². The minimum Gasteiger partial charge on any atom is -0.396 e. The lowest BCUT2D eigenvalue weighted by Gasteiger charge is -2.35. The standard InChI is InChI=1S/C16H34N2O3P2.C9H18ClN2OP.C7H17O2P/c1-15(2)18(16(3)4)22(21-13-10-11-17)20-12-8-7-9-14-23(5,6)19;1-8(2)12(9(3)4)14(10)13-7-5-6-11;1-10(2,9)7-5-3-4-6-8/h15-16H,7-10,12-14H2,1-6H3;8-9H,5,7H2,1-4H3;8H,3-7H2,1-2H3. The van der Waals surface area contributed by atoms with E-state index in [1.807, 2.05) is 32.7 Å². The van der Waals surface area contributed by atoms with Gasteiger partial charge in [-0.25, -0.2) is 9.34 Å². The number of rotatable bonds is 24. The van der Waals surface area contributed by atoms with Crippen molar-refractivity contribution < 1.29 is 27.8 Å². The summed E-state index contributed by atoms with van der Waals surface area (Å²) in [6, 6.07) is 5.51. The van der Waals surface area contributed by atoms with Gasteiger partial charge < -0.3 is 27.8 Å². The van der Waals surface area contributed by atoms with Crippen molar-refractivity contribution in [2.45, 2.75) is 131 Å². The monoisotopic (exact) mass is 764 g/mol. The maximum atomic E-state index is 11.7. The van der Waals surface area contributed by atoms with Gasteiger partial charge in [0, 0.05) is 43.1 Å². The van der Waals surface area contributed by atoms with Crippen LogP contribution in [0.5, 0.6) is 0 Å². The highest BCUT2D eigenvalue weighted by molar-refractivity contribution is 7.78. The SMILES string of the molecule is CC(C)N(C(C)C)P(Cl)OCCC#N.CC(C)N(C(C)C)P(OCCC#N)OCCCCCP(C)(C)=O.CP(C)(=O)CCCCCO. The average molecular weight is 765 g/mol. The van der Waals surface area contributed by atoms with Crippen LogP contribution >= 0.6 is 41.7 Å². The zero-order valence-electron chi connectivity index (χ0n) is 31.7. The van der Waals surface area contributed by atoms with Crippen LogP contribution in [0, 0.1) is 22.7 Å². The zero-order valence-corrected chi connectivity index (χ0v) is 36.0. The summed E-state index contributed by atoms with van der Waals surface area (Å²) in [4.78, 5) is 0. The molecule has 0 rings (SSSR count). The fraction of sp³-hybridized carbons (Fsp3) is 0.938. The molecule has 0 radical (unpaired) electrons. The van der Waals surface area contributed by atoms with Crippen LogP contribution in [0.25, 0.3) is 0 Å². The predicted molar refractivity (Wildman–Crippen MR) is 206 cm³/mol. The normalized spacial score (nSPS) is 13.3. The summed E-state index contributed by atoms with van der Waals surface area (Å²) < 4.78 is 44.4. The largest absolute Gasteiger partial charge is 0.396 e. The molecular formula is C32H69ClN4O6P4. The van der Waals surface area contributed by atoms with Crippen LogP contribution in [0.15, 0.2) is 0 Å². The second-order valence-electron chi connectivity index (χ2n) is 13.4. The minimum atomic E-state index is -1.89. The molecule has 280 valence electrons. The van der Waals surface area contributed by atoms with Crippen molar-refractivity contribution in [2.75, 3.05) is 65.4 Å². The van der Waals surface area contributed by atoms with Crippen molar-refractivity contribution in [1.29, 1.82) is 10.5 Å². The molecule has 0 fully saturated rings. The first-order chi connectivity index (χ1) is 21.7. The third kappa shape index (κ3) is 34.6. The molecule has 0 spiro atoms. The predicted octanol–water partition coefficient (Wildman–Crippen LogP) is 10.3. The van der Waals surface area contributed by atoms with Crippen molar-refractivity contribution in [3.8, 4) is 12.1 Å². The maximum Gasteiger partial charge on any atom is 0.259 e. The number of aliphatic hydroxyl groups excluding tert-OH is 1. The molecule has 1 N–H and O–H groups in total. The quantitative estimate of drug-likeness (QED) is 0.0747. The lowest BCUT2D eigenvalue weighted by Crippen LogP contribution is -2.33. The van der Waals surface area contributed by atoms with Gasteiger partial charge in [-0.15, -0.1) is 0 Å². The lowest BCUT2D eigenvalue weighted by atomic mass is 10.3. The summed E-state index contributed by atoms with van der Waals surface area (Å²) in [7, 11) is -5.89. The van der Waals surface area contributed by atoms with Gasteiger partial charge in [0.25, 0.3) is 8.53 Å². The number of unbranched alkanes of at least 4 members (excludes halogenated alkanes) is 4. The van der Waals surface area contributed by atoms with E-state index < -0.39 is 30.5 Å². The van der Waals surface area contributed by atoms with Crippen LogP contribution in [0.1, 0.15) is 107 Å². The number of hydrogen-bond donors (Lipinski definition) is 1. The number of aliphatic hydroxyl groups is 1. The molecule has 15 heteroatoms. The fourth-order valence-corrected chi connectivity index (χ4v) is 10.2. The van der Waals surface area contributed by atoms with Crippen LogP contribution in [-0.2, 0) is 22.7 Å². The fourth-order valence-electron chi connectivity index (χ4n) is 4.20. The van der Waals surface area contributed by atoms with Crippen LogP contribution in [0.4, 0.5) is 0 Å². The Morgan fingerprint density at radius 1 is 0.638 bits per heavy atom. The third-order valence-electron chi connectivity index (χ3n) is 6.21. The number of halogens is 1. The molecule has 0 saturated heterocycles. The third-order valence-corrected chi connectivity index (χ3v) is 13.6. The first-order valence-electron chi connectivity index (χ1n) is 16.9. The number of nitrogens with zero attached hydrogens (tertiary/aromatic N) is 4. The van der Waals surface area contributed by atoms with E-state index in [0.29, 0.717) is 56.8 Å². The Morgan fingerprint density at radius 3 is 1.38 bits per heavy atom. The van der Waals surface area contributed by atoms with Gasteiger partial charge in [-0.2, -0.15) is 10.5 Å². The van der Waals surface area contributed by atoms with Crippen molar-refractivity contribution in [3.05, 3.63) is 0 Å². The van der Waals surface area contributed by atoms with Gasteiger partial charge in [-0.1, -0.05) is 12.8 Å². The van der Waals surface area contributed by atoms with Crippen molar-refractivity contribution >= 4 is 41.7 Å². The summed E-state index contributed by atoms with van der Waals surface area (Å²) in [5.41, 5.74) is 0. The molecule has 2 atom stereocenters. The van der Waals surface area contributed by atoms with Gasteiger partial charge in [0.2, 0.25) is 7.65 Å². The highest BCUT2D eigenvalue weighted by atomic mass is 35.7. The van der Waals surface area contributed by atoms with Gasteiger partial charge in [-0.05, 0) is 119 Å². The Hall–Kier alpha value is 0.350. The molecule has 10 nitrogen and oxygen atoms in total. The molecule has 0 heterocycles. The number of hydrogen-bond acceptors (Lipinski definition) is 10. The van der Waals surface area contributed by atoms with Gasteiger partial charge >= 0.3 is 0 Å². The first-order valence-corrected chi connectivity index (χ1v) is 25.7. The molecule has 0 saturated carbocycles. The Morgan fingerprint density at radius 2 is 1.02 bits per heavy atom. The molecule has 47 heavy (non-hydrogen) atoms. The van der Waals surface area contributed by atoms with E-state index in [4.69, 9.17) is 40.4 Å². The van der Waals surface area contributed by atoms with E-state index >= 15 is 0 Å². The van der Waals surface area contributed by atoms with E-state index in [-0.39, 0.29) is 6.61 Å². The average Bonchev–Trinajstić information content (AvgIpc) is 2.92. The van der Waals surface area contributed by atoms with Crippen molar-refractivity contribution in [2.24, 2.45) is 0 Å². The number of nitriles is 2.